The molecule has 9 heteroatoms. The van der Waals surface area contributed by atoms with Crippen LogP contribution >= 0.6 is 11.6 Å². The van der Waals surface area contributed by atoms with Crippen LogP contribution in [0.5, 0.6) is 0 Å². The van der Waals surface area contributed by atoms with Crippen molar-refractivity contribution in [2.75, 3.05) is 10.8 Å². The Bertz CT molecular complexity index is 1730. The summed E-state index contributed by atoms with van der Waals surface area (Å²) in [6.07, 6.45) is 0.693. The van der Waals surface area contributed by atoms with Crippen molar-refractivity contribution in [1.82, 2.24) is 10.2 Å². The van der Waals surface area contributed by atoms with Crippen LogP contribution in [-0.4, -0.2) is 43.3 Å². The largest absolute Gasteiger partial charge is 0.350 e. The zero-order valence-electron chi connectivity index (χ0n) is 24.6. The van der Waals surface area contributed by atoms with Crippen LogP contribution in [-0.2, 0) is 32.6 Å². The maximum Gasteiger partial charge on any atom is 0.265 e. The quantitative estimate of drug-likeness (QED) is 0.225. The topological polar surface area (TPSA) is 86.8 Å². The molecule has 1 N–H and O–H groups in total. The first-order valence-electron chi connectivity index (χ1n) is 14.4. The van der Waals surface area contributed by atoms with Crippen molar-refractivity contribution >= 4 is 49.9 Å². The molecule has 7 nitrogen and oxygen atoms in total. The summed E-state index contributed by atoms with van der Waals surface area (Å²) in [6, 6.07) is 26.9. The molecule has 1 aliphatic rings. The SMILES string of the molecule is CC(C)(C)NC(=O)[C@H](Cc1ccccc1)N(Cc1ccc(Cl)cc1)C(=O)CCCN1c2cccc3cccc(c23)S1(=O)=O. The van der Waals surface area contributed by atoms with Crippen molar-refractivity contribution in [1.29, 1.82) is 0 Å². The third-order valence-electron chi connectivity index (χ3n) is 7.47. The number of carbonyl (C=O) groups is 2. The van der Waals surface area contributed by atoms with Crippen LogP contribution in [0, 0.1) is 0 Å². The first-order valence-corrected chi connectivity index (χ1v) is 16.2. The van der Waals surface area contributed by atoms with Gasteiger partial charge in [0.2, 0.25) is 11.8 Å². The maximum absolute atomic E-state index is 14.0. The van der Waals surface area contributed by atoms with Crippen molar-refractivity contribution in [3.8, 4) is 0 Å². The molecule has 0 radical (unpaired) electrons. The number of sulfonamides is 1. The van der Waals surface area contributed by atoms with Gasteiger partial charge in [0.15, 0.2) is 0 Å². The van der Waals surface area contributed by atoms with Gasteiger partial charge in [-0.25, -0.2) is 8.42 Å². The third kappa shape index (κ3) is 6.86. The van der Waals surface area contributed by atoms with Crippen molar-refractivity contribution in [3.05, 3.63) is 107 Å². The van der Waals surface area contributed by atoms with E-state index in [9.17, 15) is 18.0 Å². The van der Waals surface area contributed by atoms with E-state index in [-0.39, 0.29) is 36.2 Å². The first kappa shape index (κ1) is 30.6. The molecule has 0 saturated carbocycles. The number of hydrogen-bond donors (Lipinski definition) is 1. The number of halogens is 1. The molecule has 0 fully saturated rings. The maximum atomic E-state index is 14.0. The van der Waals surface area contributed by atoms with Crippen molar-refractivity contribution in [2.24, 2.45) is 0 Å². The summed E-state index contributed by atoms with van der Waals surface area (Å²) in [6.45, 7) is 6.08. The number of nitrogens with one attached hydrogen (secondary N) is 1. The minimum Gasteiger partial charge on any atom is -0.350 e. The average Bonchev–Trinajstić information content (AvgIpc) is 3.18. The van der Waals surface area contributed by atoms with E-state index in [1.807, 2.05) is 81.4 Å². The van der Waals surface area contributed by atoms with Gasteiger partial charge in [-0.1, -0.05) is 78.3 Å². The van der Waals surface area contributed by atoms with E-state index in [1.54, 1.807) is 35.2 Å². The average molecular weight is 618 g/mol. The van der Waals surface area contributed by atoms with Crippen LogP contribution in [0.3, 0.4) is 0 Å². The van der Waals surface area contributed by atoms with Gasteiger partial charge in [0, 0.05) is 41.9 Å². The number of carbonyl (C=O) groups excluding carboxylic acids is 2. The minimum absolute atomic E-state index is 0.0695. The van der Waals surface area contributed by atoms with E-state index < -0.39 is 21.6 Å². The van der Waals surface area contributed by atoms with Crippen LogP contribution in [0.2, 0.25) is 5.02 Å². The van der Waals surface area contributed by atoms with Crippen LogP contribution in [0.4, 0.5) is 5.69 Å². The number of nitrogens with zero attached hydrogens (tertiary/aromatic N) is 2. The summed E-state index contributed by atoms with van der Waals surface area (Å²) in [5, 5.41) is 5.21. The van der Waals surface area contributed by atoms with Crippen LogP contribution in [0.15, 0.2) is 95.9 Å². The van der Waals surface area contributed by atoms with Gasteiger partial charge in [0.05, 0.1) is 10.6 Å². The number of hydrogen-bond acceptors (Lipinski definition) is 4. The molecule has 2 amide bonds. The van der Waals surface area contributed by atoms with Gasteiger partial charge >= 0.3 is 0 Å². The van der Waals surface area contributed by atoms with Gasteiger partial charge in [0.25, 0.3) is 10.0 Å². The number of amides is 2. The number of anilines is 1. The van der Waals surface area contributed by atoms with Crippen LogP contribution < -0.4 is 9.62 Å². The van der Waals surface area contributed by atoms with Gasteiger partial charge in [0.1, 0.15) is 6.04 Å². The molecule has 4 aromatic carbocycles. The molecule has 0 aromatic heterocycles. The zero-order chi connectivity index (χ0) is 30.8. The molecular weight excluding hydrogens is 582 g/mol. The summed E-state index contributed by atoms with van der Waals surface area (Å²) in [4.78, 5) is 29.7. The lowest BCUT2D eigenvalue weighted by Crippen LogP contribution is -2.54. The van der Waals surface area contributed by atoms with Gasteiger partial charge in [-0.2, -0.15) is 0 Å². The van der Waals surface area contributed by atoms with Crippen molar-refractivity contribution < 1.29 is 18.0 Å². The molecular formula is C34H36ClN3O4S. The predicted molar refractivity (Wildman–Crippen MR) is 172 cm³/mol. The standard InChI is InChI=1S/C34H36ClN3O4S/c1-34(2,3)36-33(40)29(22-24-10-5-4-6-11-24)37(23-25-17-19-27(35)20-18-25)31(39)16-9-21-38-28-14-7-12-26-13-8-15-30(32(26)28)43(38,41)42/h4-8,10-15,17-20,29H,9,16,21-23H2,1-3H3,(H,36,40)/t29-/m0/s1. The van der Waals surface area contributed by atoms with E-state index in [1.165, 1.54) is 4.31 Å². The molecule has 1 aliphatic heterocycles. The lowest BCUT2D eigenvalue weighted by atomic mass is 10.00. The van der Waals surface area contributed by atoms with Crippen LogP contribution in [0.25, 0.3) is 10.8 Å². The minimum atomic E-state index is -3.73. The predicted octanol–water partition coefficient (Wildman–Crippen LogP) is 6.34. The van der Waals surface area contributed by atoms with Crippen molar-refractivity contribution in [3.63, 3.8) is 0 Å². The van der Waals surface area contributed by atoms with Gasteiger partial charge in [-0.05, 0) is 68.0 Å². The molecule has 5 rings (SSSR count). The summed E-state index contributed by atoms with van der Waals surface area (Å²) >= 11 is 6.12. The molecule has 0 saturated heterocycles. The summed E-state index contributed by atoms with van der Waals surface area (Å²) in [5.41, 5.74) is 1.90. The van der Waals surface area contributed by atoms with Crippen molar-refractivity contribution in [2.45, 2.75) is 63.1 Å². The smallest absolute Gasteiger partial charge is 0.265 e. The Balaban J connectivity index is 1.40. The highest BCUT2D eigenvalue weighted by Crippen LogP contribution is 2.42. The van der Waals surface area contributed by atoms with E-state index >= 15 is 0 Å². The molecule has 0 spiro atoms. The third-order valence-corrected chi connectivity index (χ3v) is 9.58. The highest BCUT2D eigenvalue weighted by molar-refractivity contribution is 7.93. The summed E-state index contributed by atoms with van der Waals surface area (Å²) in [7, 11) is -3.73. The highest BCUT2D eigenvalue weighted by atomic mass is 35.5. The Hall–Kier alpha value is -3.88. The second kappa shape index (κ2) is 12.4. The monoisotopic (exact) mass is 617 g/mol. The van der Waals surface area contributed by atoms with Gasteiger partial charge in [-0.15, -0.1) is 0 Å². The van der Waals surface area contributed by atoms with Gasteiger partial charge < -0.3 is 10.2 Å². The second-order valence-electron chi connectivity index (χ2n) is 11.9. The summed E-state index contributed by atoms with van der Waals surface area (Å²) < 4.78 is 28.3. The fourth-order valence-corrected chi connectivity index (χ4v) is 7.38. The molecule has 0 bridgehead atoms. The Morgan fingerprint density at radius 3 is 2.23 bits per heavy atom. The van der Waals surface area contributed by atoms with Crippen LogP contribution in [0.1, 0.15) is 44.7 Å². The summed E-state index contributed by atoms with van der Waals surface area (Å²) in [5.74, 6) is -0.477. The zero-order valence-corrected chi connectivity index (χ0v) is 26.2. The molecule has 1 atom stereocenters. The normalized spacial score (nSPS) is 14.5. The first-order chi connectivity index (χ1) is 20.4. The second-order valence-corrected chi connectivity index (χ2v) is 14.2. The van der Waals surface area contributed by atoms with Gasteiger partial charge in [-0.3, -0.25) is 13.9 Å². The Kier molecular flexibility index (Phi) is 8.81. The fraction of sp³-hybridized carbons (Fsp3) is 0.294. The highest BCUT2D eigenvalue weighted by Gasteiger charge is 2.36. The molecule has 224 valence electrons. The Morgan fingerprint density at radius 1 is 0.884 bits per heavy atom. The molecule has 43 heavy (non-hydrogen) atoms. The van der Waals surface area contributed by atoms with E-state index in [2.05, 4.69) is 5.32 Å². The molecule has 4 aromatic rings. The van der Waals surface area contributed by atoms with E-state index in [4.69, 9.17) is 11.6 Å². The van der Waals surface area contributed by atoms with E-state index in [0.29, 0.717) is 28.9 Å². The lowest BCUT2D eigenvalue weighted by molar-refractivity contribution is -0.142. The molecule has 0 unspecified atom stereocenters. The Morgan fingerprint density at radius 2 is 1.56 bits per heavy atom. The number of rotatable bonds is 10. The van der Waals surface area contributed by atoms with E-state index in [0.717, 1.165) is 16.5 Å². The Labute approximate surface area is 258 Å². The number of benzene rings is 4. The molecule has 1 heterocycles. The molecule has 0 aliphatic carbocycles. The lowest BCUT2D eigenvalue weighted by Gasteiger charge is -2.34. The fourth-order valence-electron chi connectivity index (χ4n) is 5.51.